The Kier molecular flexibility index (Phi) is 5.22. The Morgan fingerprint density at radius 1 is 1.40 bits per heavy atom. The average Bonchev–Trinajstić information content (AvgIpc) is 2.91. The molecular formula is C12H16ClNO5S. The van der Waals surface area contributed by atoms with E-state index in [0.29, 0.717) is 25.4 Å². The van der Waals surface area contributed by atoms with Gasteiger partial charge in [-0.15, -0.1) is 0 Å². The van der Waals surface area contributed by atoms with Gasteiger partial charge in [-0.25, -0.2) is 13.1 Å². The highest BCUT2D eigenvalue weighted by Crippen LogP contribution is 2.26. The number of rotatable bonds is 6. The summed E-state index contributed by atoms with van der Waals surface area (Å²) >= 11 is 5.92. The van der Waals surface area contributed by atoms with Crippen LogP contribution in [0.2, 0.25) is 5.02 Å². The van der Waals surface area contributed by atoms with Crippen molar-refractivity contribution in [3.05, 3.63) is 23.2 Å². The Bertz CT molecular complexity index is 557. The lowest BCUT2D eigenvalue weighted by molar-refractivity contribution is -0.0451. The second-order valence-electron chi connectivity index (χ2n) is 4.15. The maximum atomic E-state index is 12.1. The molecule has 0 spiro atoms. The summed E-state index contributed by atoms with van der Waals surface area (Å²) in [5.74, 6) is 0.429. The van der Waals surface area contributed by atoms with Crippen LogP contribution in [0.1, 0.15) is 6.42 Å². The summed E-state index contributed by atoms with van der Waals surface area (Å²) in [7, 11) is -2.13. The van der Waals surface area contributed by atoms with Crippen LogP contribution in [0.4, 0.5) is 0 Å². The lowest BCUT2D eigenvalue weighted by Crippen LogP contribution is -2.27. The van der Waals surface area contributed by atoms with Crippen molar-refractivity contribution < 1.29 is 22.6 Å². The lowest BCUT2D eigenvalue weighted by atomic mass is 10.3. The molecule has 0 unspecified atom stereocenters. The summed E-state index contributed by atoms with van der Waals surface area (Å²) in [4.78, 5) is 0.0940. The van der Waals surface area contributed by atoms with Crippen molar-refractivity contribution >= 4 is 21.6 Å². The molecule has 0 aliphatic carbocycles. The topological polar surface area (TPSA) is 73.9 Å². The molecule has 0 atom stereocenters. The molecular weight excluding hydrogens is 306 g/mol. The molecule has 0 bridgehead atoms. The SMILES string of the molecule is COc1ccc(S(=O)(=O)NCCC2OCCO2)cc1Cl. The van der Waals surface area contributed by atoms with Gasteiger partial charge in [0, 0.05) is 13.0 Å². The molecule has 20 heavy (non-hydrogen) atoms. The quantitative estimate of drug-likeness (QED) is 0.857. The number of hydrogen-bond acceptors (Lipinski definition) is 5. The fourth-order valence-electron chi connectivity index (χ4n) is 1.78. The minimum atomic E-state index is -3.60. The number of nitrogens with one attached hydrogen (secondary N) is 1. The molecule has 1 aliphatic heterocycles. The van der Waals surface area contributed by atoms with Gasteiger partial charge in [0.2, 0.25) is 10.0 Å². The van der Waals surface area contributed by atoms with Gasteiger partial charge in [-0.1, -0.05) is 11.6 Å². The van der Waals surface area contributed by atoms with Gasteiger partial charge in [-0.2, -0.15) is 0 Å². The number of hydrogen-bond donors (Lipinski definition) is 1. The number of benzene rings is 1. The van der Waals surface area contributed by atoms with E-state index in [1.165, 1.54) is 25.3 Å². The van der Waals surface area contributed by atoms with E-state index in [0.717, 1.165) is 0 Å². The highest BCUT2D eigenvalue weighted by Gasteiger charge is 2.19. The number of methoxy groups -OCH3 is 1. The van der Waals surface area contributed by atoms with E-state index in [4.69, 9.17) is 25.8 Å². The van der Waals surface area contributed by atoms with Gasteiger partial charge < -0.3 is 14.2 Å². The van der Waals surface area contributed by atoms with E-state index in [-0.39, 0.29) is 22.8 Å². The molecule has 1 saturated heterocycles. The lowest BCUT2D eigenvalue weighted by Gasteiger charge is -2.11. The van der Waals surface area contributed by atoms with Gasteiger partial charge in [0.15, 0.2) is 6.29 Å². The van der Waals surface area contributed by atoms with Crippen LogP contribution in [-0.4, -0.2) is 41.6 Å². The molecule has 0 saturated carbocycles. The third-order valence-corrected chi connectivity index (χ3v) is 4.55. The highest BCUT2D eigenvalue weighted by molar-refractivity contribution is 7.89. The van der Waals surface area contributed by atoms with Crippen molar-refractivity contribution in [1.29, 1.82) is 0 Å². The van der Waals surface area contributed by atoms with E-state index in [1.54, 1.807) is 0 Å². The molecule has 1 fully saturated rings. The van der Waals surface area contributed by atoms with Crippen LogP contribution in [-0.2, 0) is 19.5 Å². The van der Waals surface area contributed by atoms with Crippen LogP contribution in [0.15, 0.2) is 23.1 Å². The van der Waals surface area contributed by atoms with Crippen LogP contribution in [0.3, 0.4) is 0 Å². The zero-order valence-corrected chi connectivity index (χ0v) is 12.5. The molecule has 1 aromatic rings. The third-order valence-electron chi connectivity index (χ3n) is 2.80. The molecule has 112 valence electrons. The zero-order valence-electron chi connectivity index (χ0n) is 11.0. The van der Waals surface area contributed by atoms with Crippen LogP contribution in [0.25, 0.3) is 0 Å². The highest BCUT2D eigenvalue weighted by atomic mass is 35.5. The van der Waals surface area contributed by atoms with Crippen molar-refractivity contribution in [3.63, 3.8) is 0 Å². The molecule has 6 nitrogen and oxygen atoms in total. The fraction of sp³-hybridized carbons (Fsp3) is 0.500. The van der Waals surface area contributed by atoms with Crippen molar-refractivity contribution in [1.82, 2.24) is 4.72 Å². The maximum absolute atomic E-state index is 12.1. The summed E-state index contributed by atoms with van der Waals surface area (Å²) in [6.07, 6.45) is 0.125. The van der Waals surface area contributed by atoms with Gasteiger partial charge in [0.1, 0.15) is 5.75 Å². The molecule has 1 aromatic carbocycles. The fourth-order valence-corrected chi connectivity index (χ4v) is 3.18. The van der Waals surface area contributed by atoms with E-state index in [2.05, 4.69) is 4.72 Å². The molecule has 0 aromatic heterocycles. The van der Waals surface area contributed by atoms with Crippen molar-refractivity contribution in [2.75, 3.05) is 26.9 Å². The Labute approximate surface area is 123 Å². The molecule has 2 rings (SSSR count). The summed E-state index contributed by atoms with van der Waals surface area (Å²) in [6, 6.07) is 4.31. The number of sulfonamides is 1. The molecule has 8 heteroatoms. The summed E-state index contributed by atoms with van der Waals surface area (Å²) < 4.78 is 42.0. The first-order valence-electron chi connectivity index (χ1n) is 6.09. The van der Waals surface area contributed by atoms with Crippen LogP contribution >= 0.6 is 11.6 Å². The number of ether oxygens (including phenoxy) is 3. The average molecular weight is 322 g/mol. The van der Waals surface area contributed by atoms with Gasteiger partial charge in [0.05, 0.1) is 30.2 Å². The monoisotopic (exact) mass is 321 g/mol. The summed E-state index contributed by atoms with van der Waals surface area (Å²) in [5.41, 5.74) is 0. The zero-order chi connectivity index (χ0) is 14.6. The van der Waals surface area contributed by atoms with E-state index in [1.807, 2.05) is 0 Å². The second-order valence-corrected chi connectivity index (χ2v) is 6.33. The Morgan fingerprint density at radius 3 is 2.70 bits per heavy atom. The predicted octanol–water partition coefficient (Wildman–Crippen LogP) is 1.39. The minimum absolute atomic E-state index is 0.0940. The number of halogens is 1. The smallest absolute Gasteiger partial charge is 0.240 e. The molecule has 1 N–H and O–H groups in total. The van der Waals surface area contributed by atoms with Crippen molar-refractivity contribution in [3.8, 4) is 5.75 Å². The van der Waals surface area contributed by atoms with E-state index >= 15 is 0 Å². The Hall–Kier alpha value is -0.860. The summed E-state index contributed by atoms with van der Waals surface area (Å²) in [5, 5.41) is 0.248. The van der Waals surface area contributed by atoms with Crippen LogP contribution in [0, 0.1) is 0 Å². The van der Waals surface area contributed by atoms with Crippen molar-refractivity contribution in [2.45, 2.75) is 17.6 Å². The second kappa shape index (κ2) is 6.73. The van der Waals surface area contributed by atoms with Gasteiger partial charge in [-0.3, -0.25) is 0 Å². The van der Waals surface area contributed by atoms with E-state index in [9.17, 15) is 8.42 Å². The predicted molar refractivity (Wildman–Crippen MR) is 73.5 cm³/mol. The first kappa shape index (κ1) is 15.5. The van der Waals surface area contributed by atoms with Crippen LogP contribution < -0.4 is 9.46 Å². The van der Waals surface area contributed by atoms with Crippen molar-refractivity contribution in [2.24, 2.45) is 0 Å². The maximum Gasteiger partial charge on any atom is 0.240 e. The van der Waals surface area contributed by atoms with Gasteiger partial charge >= 0.3 is 0 Å². The molecule has 1 aliphatic rings. The first-order chi connectivity index (χ1) is 9.53. The van der Waals surface area contributed by atoms with Crippen LogP contribution in [0.5, 0.6) is 5.75 Å². The minimum Gasteiger partial charge on any atom is -0.495 e. The third kappa shape index (κ3) is 3.83. The largest absolute Gasteiger partial charge is 0.495 e. The Balaban J connectivity index is 1.96. The molecule has 1 heterocycles. The normalized spacial score (nSPS) is 16.5. The Morgan fingerprint density at radius 2 is 2.10 bits per heavy atom. The standard InChI is InChI=1S/C12H16ClNO5S/c1-17-11-3-2-9(8-10(11)13)20(15,16)14-5-4-12-18-6-7-19-12/h2-3,8,12,14H,4-7H2,1H3. The molecule has 0 amide bonds. The molecule has 0 radical (unpaired) electrons. The van der Waals surface area contributed by atoms with Gasteiger partial charge in [0.25, 0.3) is 0 Å². The first-order valence-corrected chi connectivity index (χ1v) is 7.95. The van der Waals surface area contributed by atoms with E-state index < -0.39 is 10.0 Å². The van der Waals surface area contributed by atoms with Gasteiger partial charge in [-0.05, 0) is 18.2 Å². The summed E-state index contributed by atoms with van der Waals surface area (Å²) in [6.45, 7) is 1.33.